The van der Waals surface area contributed by atoms with Gasteiger partial charge in [0.05, 0.1) is 5.39 Å². The van der Waals surface area contributed by atoms with Crippen molar-refractivity contribution in [2.75, 3.05) is 0 Å². The third-order valence-corrected chi connectivity index (χ3v) is 6.29. The number of thiophene rings is 1. The van der Waals surface area contributed by atoms with E-state index >= 15 is 0 Å². The zero-order valence-corrected chi connectivity index (χ0v) is 17.0. The number of hydrogen-bond donors (Lipinski definition) is 2. The highest BCUT2D eigenvalue weighted by molar-refractivity contribution is 7.18. The highest BCUT2D eigenvalue weighted by Crippen LogP contribution is 2.33. The molecule has 0 saturated heterocycles. The summed E-state index contributed by atoms with van der Waals surface area (Å²) in [6, 6.07) is 6.09. The van der Waals surface area contributed by atoms with Crippen LogP contribution >= 0.6 is 11.3 Å². The molecule has 0 unspecified atom stereocenters. The normalized spacial score (nSPS) is 13.4. The number of nitrogens with one attached hydrogen (secondary N) is 2. The van der Waals surface area contributed by atoms with Gasteiger partial charge in [0.2, 0.25) is 5.91 Å². The number of rotatable bonds is 7. The number of nitrogens with zero attached hydrogens (tertiary/aromatic N) is 1. The smallest absolute Gasteiger partial charge is 0.387 e. The Labute approximate surface area is 175 Å². The maximum atomic E-state index is 12.5. The maximum Gasteiger partial charge on any atom is 0.387 e. The van der Waals surface area contributed by atoms with Crippen LogP contribution in [0.4, 0.5) is 8.78 Å². The Morgan fingerprint density at radius 3 is 2.77 bits per heavy atom. The van der Waals surface area contributed by atoms with Gasteiger partial charge in [0.15, 0.2) is 0 Å². The Kier molecular flexibility index (Phi) is 6.08. The van der Waals surface area contributed by atoms with Crippen molar-refractivity contribution in [3.8, 4) is 5.75 Å². The summed E-state index contributed by atoms with van der Waals surface area (Å²) in [5, 5.41) is 3.49. The average molecular weight is 433 g/mol. The Balaban J connectivity index is 1.33. The number of carbonyl (C=O) groups is 1. The van der Waals surface area contributed by atoms with Crippen LogP contribution in [-0.2, 0) is 30.6 Å². The fraction of sp³-hybridized carbons (Fsp3) is 0.381. The maximum absolute atomic E-state index is 12.5. The number of amides is 1. The summed E-state index contributed by atoms with van der Waals surface area (Å²) in [4.78, 5) is 34.1. The van der Waals surface area contributed by atoms with Gasteiger partial charge in [-0.25, -0.2) is 4.98 Å². The number of H-pyrrole nitrogens is 1. The van der Waals surface area contributed by atoms with Crippen LogP contribution in [0, 0.1) is 0 Å². The first-order chi connectivity index (χ1) is 14.5. The molecule has 0 radical (unpaired) electrons. The molecule has 0 atom stereocenters. The molecule has 1 aromatic carbocycles. The SMILES string of the molecule is O=C(CCc1nc2sc3c(c2c(=O)[nH]1)CCCC3)NCc1ccc(OC(F)F)cc1. The minimum atomic E-state index is -2.87. The molecule has 0 fully saturated rings. The molecule has 1 aliphatic carbocycles. The van der Waals surface area contributed by atoms with Crippen molar-refractivity contribution in [1.29, 1.82) is 0 Å². The molecular formula is C21H21F2N3O3S. The number of carbonyl (C=O) groups excluding carboxylic acids is 1. The minimum Gasteiger partial charge on any atom is -0.435 e. The van der Waals surface area contributed by atoms with Gasteiger partial charge in [-0.15, -0.1) is 11.3 Å². The number of benzene rings is 1. The second-order valence-electron chi connectivity index (χ2n) is 7.20. The monoisotopic (exact) mass is 433 g/mol. The highest BCUT2D eigenvalue weighted by Gasteiger charge is 2.19. The van der Waals surface area contributed by atoms with Gasteiger partial charge >= 0.3 is 6.61 Å². The van der Waals surface area contributed by atoms with E-state index in [9.17, 15) is 18.4 Å². The molecule has 0 aliphatic heterocycles. The number of aromatic amines is 1. The average Bonchev–Trinajstić information content (AvgIpc) is 3.10. The molecule has 0 saturated carbocycles. The molecule has 0 spiro atoms. The fourth-order valence-electron chi connectivity index (χ4n) is 3.64. The van der Waals surface area contributed by atoms with Gasteiger partial charge in [-0.2, -0.15) is 8.78 Å². The molecule has 6 nitrogen and oxygen atoms in total. The standard InChI is InChI=1S/C21H21F2N3O3S/c22-21(23)29-13-7-5-12(6-8-13)11-24-17(27)10-9-16-25-19(28)18-14-3-1-2-4-15(14)30-20(18)26-16/h5-8,21H,1-4,9-11H2,(H,24,27)(H,25,26,28). The van der Waals surface area contributed by atoms with Crippen molar-refractivity contribution in [3.05, 3.63) is 56.4 Å². The molecular weight excluding hydrogens is 412 g/mol. The molecule has 4 rings (SSSR count). The van der Waals surface area contributed by atoms with Crippen LogP contribution in [0.3, 0.4) is 0 Å². The quantitative estimate of drug-likeness (QED) is 0.595. The number of alkyl halides is 2. The van der Waals surface area contributed by atoms with Gasteiger partial charge in [0.1, 0.15) is 16.4 Å². The lowest BCUT2D eigenvalue weighted by atomic mass is 9.97. The molecule has 2 aromatic heterocycles. The third kappa shape index (κ3) is 4.67. The predicted octanol–water partition coefficient (Wildman–Crippen LogP) is 3.71. The molecule has 0 bridgehead atoms. The molecule has 158 valence electrons. The number of aromatic nitrogens is 2. The summed E-state index contributed by atoms with van der Waals surface area (Å²) in [7, 11) is 0. The van der Waals surface area contributed by atoms with Gasteiger partial charge in [-0.05, 0) is 48.9 Å². The van der Waals surface area contributed by atoms with Crippen molar-refractivity contribution in [1.82, 2.24) is 15.3 Å². The van der Waals surface area contributed by atoms with E-state index < -0.39 is 6.61 Å². The molecule has 9 heteroatoms. The van der Waals surface area contributed by atoms with Crippen LogP contribution in [0.15, 0.2) is 29.1 Å². The molecule has 1 aliphatic rings. The minimum absolute atomic E-state index is 0.0701. The van der Waals surface area contributed by atoms with Crippen LogP contribution < -0.4 is 15.6 Å². The van der Waals surface area contributed by atoms with Crippen molar-refractivity contribution >= 4 is 27.5 Å². The van der Waals surface area contributed by atoms with Crippen LogP contribution in [0.25, 0.3) is 10.2 Å². The first kappa shape index (κ1) is 20.5. The number of hydrogen-bond acceptors (Lipinski definition) is 5. The lowest BCUT2D eigenvalue weighted by Crippen LogP contribution is -2.23. The van der Waals surface area contributed by atoms with E-state index in [2.05, 4.69) is 20.0 Å². The number of ether oxygens (including phenoxy) is 1. The Hall–Kier alpha value is -2.81. The molecule has 2 heterocycles. The third-order valence-electron chi connectivity index (χ3n) is 5.10. The highest BCUT2D eigenvalue weighted by atomic mass is 32.1. The van der Waals surface area contributed by atoms with Gasteiger partial charge in [0, 0.05) is 24.3 Å². The second kappa shape index (κ2) is 8.91. The second-order valence-corrected chi connectivity index (χ2v) is 8.29. The topological polar surface area (TPSA) is 84.1 Å². The summed E-state index contributed by atoms with van der Waals surface area (Å²) in [6.07, 6.45) is 4.70. The van der Waals surface area contributed by atoms with Gasteiger partial charge in [0.25, 0.3) is 5.56 Å². The first-order valence-corrected chi connectivity index (χ1v) is 10.6. The van der Waals surface area contributed by atoms with E-state index in [0.29, 0.717) is 17.6 Å². The summed E-state index contributed by atoms with van der Waals surface area (Å²) in [5.74, 6) is 0.395. The number of halogens is 2. The lowest BCUT2D eigenvalue weighted by Gasteiger charge is -2.09. The van der Waals surface area contributed by atoms with E-state index in [1.165, 1.54) is 17.0 Å². The van der Waals surface area contributed by atoms with E-state index in [0.717, 1.165) is 41.6 Å². The molecule has 30 heavy (non-hydrogen) atoms. The van der Waals surface area contributed by atoms with Crippen molar-refractivity contribution in [2.24, 2.45) is 0 Å². The summed E-state index contributed by atoms with van der Waals surface area (Å²) >= 11 is 1.59. The predicted molar refractivity (Wildman–Crippen MR) is 110 cm³/mol. The van der Waals surface area contributed by atoms with Crippen LogP contribution in [-0.4, -0.2) is 22.5 Å². The zero-order valence-electron chi connectivity index (χ0n) is 16.2. The Bertz CT molecular complexity index is 1110. The van der Waals surface area contributed by atoms with Gasteiger partial charge in [-0.1, -0.05) is 12.1 Å². The fourth-order valence-corrected chi connectivity index (χ4v) is 4.92. The number of aryl methyl sites for hydroxylation is 3. The van der Waals surface area contributed by atoms with Crippen LogP contribution in [0.2, 0.25) is 0 Å². The van der Waals surface area contributed by atoms with Crippen molar-refractivity contribution in [3.63, 3.8) is 0 Å². The largest absolute Gasteiger partial charge is 0.435 e. The van der Waals surface area contributed by atoms with E-state index in [-0.39, 0.29) is 30.2 Å². The Morgan fingerprint density at radius 1 is 1.23 bits per heavy atom. The van der Waals surface area contributed by atoms with Crippen LogP contribution in [0.1, 0.15) is 41.1 Å². The molecule has 2 N–H and O–H groups in total. The van der Waals surface area contributed by atoms with E-state index in [1.54, 1.807) is 23.5 Å². The number of fused-ring (bicyclic) bond motifs is 3. The van der Waals surface area contributed by atoms with Gasteiger partial charge in [-0.3, -0.25) is 9.59 Å². The van der Waals surface area contributed by atoms with Crippen molar-refractivity contribution in [2.45, 2.75) is 51.7 Å². The lowest BCUT2D eigenvalue weighted by molar-refractivity contribution is -0.121. The summed E-state index contributed by atoms with van der Waals surface area (Å²) in [5.41, 5.74) is 1.78. The molecule has 1 amide bonds. The van der Waals surface area contributed by atoms with Gasteiger partial charge < -0.3 is 15.0 Å². The van der Waals surface area contributed by atoms with E-state index in [1.807, 2.05) is 0 Å². The van der Waals surface area contributed by atoms with Crippen LogP contribution in [0.5, 0.6) is 5.75 Å². The van der Waals surface area contributed by atoms with E-state index in [4.69, 9.17) is 0 Å². The summed E-state index contributed by atoms with van der Waals surface area (Å²) < 4.78 is 28.6. The zero-order chi connectivity index (χ0) is 21.1. The Morgan fingerprint density at radius 2 is 2.00 bits per heavy atom. The summed E-state index contributed by atoms with van der Waals surface area (Å²) in [6.45, 7) is -2.59. The van der Waals surface area contributed by atoms with Crippen molar-refractivity contribution < 1.29 is 18.3 Å². The first-order valence-electron chi connectivity index (χ1n) is 9.83. The molecule has 3 aromatic rings.